The van der Waals surface area contributed by atoms with Crippen molar-refractivity contribution in [2.45, 2.75) is 66.5 Å². The molecule has 148 valence electrons. The minimum Gasteiger partial charge on any atom is -0.334 e. The quantitative estimate of drug-likeness (QED) is 0.471. The molecule has 0 fully saturated rings. The average Bonchev–Trinajstić information content (AvgIpc) is 2.54. The van der Waals surface area contributed by atoms with E-state index >= 15 is 0 Å². The number of Topliss-reactive ketones (excluding diaryl/α,β-unsaturated/α-hetero) is 1. The van der Waals surface area contributed by atoms with Crippen LogP contribution in [0.5, 0.6) is 0 Å². The van der Waals surface area contributed by atoms with Crippen molar-refractivity contribution in [3.63, 3.8) is 0 Å². The van der Waals surface area contributed by atoms with Crippen LogP contribution in [-0.4, -0.2) is 22.6 Å². The van der Waals surface area contributed by atoms with Crippen molar-refractivity contribution >= 4 is 24.3 Å². The van der Waals surface area contributed by atoms with Gasteiger partial charge >= 0.3 is 7.60 Å². The number of ketones is 1. The molecule has 7 heteroatoms. The summed E-state index contributed by atoms with van der Waals surface area (Å²) in [5.41, 5.74) is 1.34. The molecule has 0 aliphatic heterocycles. The highest BCUT2D eigenvalue weighted by molar-refractivity contribution is 7.52. The molecule has 0 bridgehead atoms. The maximum Gasteiger partial charge on any atom is 0.350 e. The molecular formula is C20H28NO5P. The van der Waals surface area contributed by atoms with Gasteiger partial charge in [0, 0.05) is 18.0 Å². The maximum atomic E-state index is 13.3. The molecule has 1 heterocycles. The van der Waals surface area contributed by atoms with Gasteiger partial charge < -0.3 is 13.6 Å². The summed E-state index contributed by atoms with van der Waals surface area (Å²) in [6, 6.07) is 5.36. The second kappa shape index (κ2) is 8.51. The van der Waals surface area contributed by atoms with Gasteiger partial charge in [0.1, 0.15) is 6.29 Å². The summed E-state index contributed by atoms with van der Waals surface area (Å²) in [6.45, 7) is 10.8. The summed E-state index contributed by atoms with van der Waals surface area (Å²) in [6.07, 6.45) is 1.04. The van der Waals surface area contributed by atoms with Crippen molar-refractivity contribution in [1.29, 1.82) is 0 Å². The molecule has 0 N–H and O–H groups in total. The van der Waals surface area contributed by atoms with Gasteiger partial charge in [0.25, 0.3) is 0 Å². The Morgan fingerprint density at radius 1 is 1.15 bits per heavy atom. The Balaban J connectivity index is 2.69. The fourth-order valence-electron chi connectivity index (χ4n) is 2.93. The van der Waals surface area contributed by atoms with Gasteiger partial charge in [-0.3, -0.25) is 14.2 Å². The Labute approximate surface area is 160 Å². The lowest BCUT2D eigenvalue weighted by Gasteiger charge is -2.25. The van der Waals surface area contributed by atoms with E-state index in [0.29, 0.717) is 10.9 Å². The second-order valence-electron chi connectivity index (χ2n) is 7.20. The third kappa shape index (κ3) is 5.16. The molecule has 0 amide bonds. The zero-order valence-corrected chi connectivity index (χ0v) is 17.7. The number of hydrogen-bond acceptors (Lipinski definition) is 5. The normalized spacial score (nSPS) is 12.3. The lowest BCUT2D eigenvalue weighted by atomic mass is 10.1. The summed E-state index contributed by atoms with van der Waals surface area (Å²) < 4.78 is 26.3. The van der Waals surface area contributed by atoms with Gasteiger partial charge in [0.05, 0.1) is 23.3 Å². The SMILES string of the molecule is CCC(=O)c1cn(CP(=O)(OC(C)C)OC(C)C)c2cc(C)ccc2c1=O. The van der Waals surface area contributed by atoms with Crippen molar-refractivity contribution < 1.29 is 18.4 Å². The van der Waals surface area contributed by atoms with Crippen LogP contribution in [0.2, 0.25) is 0 Å². The maximum absolute atomic E-state index is 13.3. The Hall–Kier alpha value is -1.75. The monoisotopic (exact) mass is 393 g/mol. The standard InChI is InChI=1S/C20H28NO5P/c1-7-19(22)17-11-21(12-27(24,25-13(2)3)26-14(4)5)18-10-15(6)8-9-16(18)20(17)23/h8-11,13-14H,7,12H2,1-6H3. The summed E-state index contributed by atoms with van der Waals surface area (Å²) in [4.78, 5) is 25.0. The van der Waals surface area contributed by atoms with Crippen LogP contribution in [0.3, 0.4) is 0 Å². The molecule has 27 heavy (non-hydrogen) atoms. The molecule has 0 aliphatic rings. The molecule has 0 radical (unpaired) electrons. The fourth-order valence-corrected chi connectivity index (χ4v) is 5.00. The number of aryl methyl sites for hydroxylation is 1. The van der Waals surface area contributed by atoms with Gasteiger partial charge in [0.2, 0.25) is 0 Å². The summed E-state index contributed by atoms with van der Waals surface area (Å²) in [5, 5.41) is 0.417. The number of nitrogens with zero attached hydrogens (tertiary/aromatic N) is 1. The van der Waals surface area contributed by atoms with E-state index in [1.54, 1.807) is 45.3 Å². The molecular weight excluding hydrogens is 365 g/mol. The molecule has 0 saturated carbocycles. The van der Waals surface area contributed by atoms with Crippen molar-refractivity contribution in [1.82, 2.24) is 4.57 Å². The molecule has 1 aromatic carbocycles. The van der Waals surface area contributed by atoms with E-state index in [9.17, 15) is 14.2 Å². The van der Waals surface area contributed by atoms with E-state index in [1.807, 2.05) is 19.1 Å². The van der Waals surface area contributed by atoms with Crippen LogP contribution in [0, 0.1) is 6.92 Å². The molecule has 0 atom stereocenters. The van der Waals surface area contributed by atoms with Crippen molar-refractivity contribution in [2.24, 2.45) is 0 Å². The van der Waals surface area contributed by atoms with E-state index in [2.05, 4.69) is 0 Å². The van der Waals surface area contributed by atoms with Crippen LogP contribution in [0.1, 0.15) is 57.0 Å². The Bertz CT molecular complexity index is 931. The van der Waals surface area contributed by atoms with Crippen LogP contribution < -0.4 is 5.43 Å². The second-order valence-corrected chi connectivity index (χ2v) is 9.13. The zero-order valence-electron chi connectivity index (χ0n) is 16.8. The van der Waals surface area contributed by atoms with E-state index in [1.165, 1.54) is 6.20 Å². The highest BCUT2D eigenvalue weighted by Gasteiger charge is 2.29. The first-order valence-electron chi connectivity index (χ1n) is 9.19. The average molecular weight is 393 g/mol. The third-order valence-electron chi connectivity index (χ3n) is 3.93. The molecule has 2 rings (SSSR count). The molecule has 0 aliphatic carbocycles. The molecule has 1 aromatic heterocycles. The van der Waals surface area contributed by atoms with Crippen molar-refractivity contribution in [3.05, 3.63) is 45.7 Å². The summed E-state index contributed by atoms with van der Waals surface area (Å²) >= 11 is 0. The van der Waals surface area contributed by atoms with Gasteiger partial charge in [-0.25, -0.2) is 0 Å². The van der Waals surface area contributed by atoms with Crippen molar-refractivity contribution in [2.75, 3.05) is 0 Å². The van der Waals surface area contributed by atoms with Gasteiger partial charge in [-0.15, -0.1) is 0 Å². The summed E-state index contributed by atoms with van der Waals surface area (Å²) in [5.74, 6) is -0.249. The lowest BCUT2D eigenvalue weighted by Crippen LogP contribution is -2.20. The van der Waals surface area contributed by atoms with Crippen LogP contribution >= 0.6 is 7.60 Å². The van der Waals surface area contributed by atoms with E-state index in [-0.39, 0.29) is 41.7 Å². The largest absolute Gasteiger partial charge is 0.350 e. The highest BCUT2D eigenvalue weighted by Crippen LogP contribution is 2.52. The van der Waals surface area contributed by atoms with E-state index in [4.69, 9.17) is 9.05 Å². The number of carbonyl (C=O) groups excluding carboxylic acids is 1. The van der Waals surface area contributed by atoms with Crippen LogP contribution in [0.25, 0.3) is 10.9 Å². The smallest absolute Gasteiger partial charge is 0.334 e. The van der Waals surface area contributed by atoms with Crippen LogP contribution in [-0.2, 0) is 19.9 Å². The number of hydrogen-bond donors (Lipinski definition) is 0. The predicted octanol–water partition coefficient (Wildman–Crippen LogP) is 4.90. The van der Waals surface area contributed by atoms with Gasteiger partial charge in [-0.2, -0.15) is 0 Å². The Morgan fingerprint density at radius 3 is 2.26 bits per heavy atom. The first-order valence-corrected chi connectivity index (χ1v) is 10.9. The minimum absolute atomic E-state index is 0.0758. The molecule has 2 aromatic rings. The fraction of sp³-hybridized carbons (Fsp3) is 0.500. The molecule has 0 unspecified atom stereocenters. The number of rotatable bonds is 8. The number of carbonyl (C=O) groups is 1. The number of fused-ring (bicyclic) bond motifs is 1. The van der Waals surface area contributed by atoms with Crippen molar-refractivity contribution in [3.8, 4) is 0 Å². The van der Waals surface area contributed by atoms with Gasteiger partial charge in [-0.05, 0) is 52.3 Å². The lowest BCUT2D eigenvalue weighted by molar-refractivity contribution is 0.0986. The Kier molecular flexibility index (Phi) is 6.79. The first kappa shape index (κ1) is 21.5. The molecule has 0 saturated heterocycles. The number of aromatic nitrogens is 1. The first-order chi connectivity index (χ1) is 12.6. The number of pyridine rings is 1. The predicted molar refractivity (Wildman–Crippen MR) is 108 cm³/mol. The topological polar surface area (TPSA) is 74.6 Å². The van der Waals surface area contributed by atoms with Crippen LogP contribution in [0.4, 0.5) is 0 Å². The zero-order chi connectivity index (χ0) is 20.4. The third-order valence-corrected chi connectivity index (χ3v) is 6.06. The molecule has 0 spiro atoms. The van der Waals surface area contributed by atoms with Gasteiger partial charge in [0.15, 0.2) is 11.2 Å². The Morgan fingerprint density at radius 2 is 1.74 bits per heavy atom. The molecule has 6 nitrogen and oxygen atoms in total. The van der Waals surface area contributed by atoms with Gasteiger partial charge in [-0.1, -0.05) is 13.0 Å². The summed E-state index contributed by atoms with van der Waals surface area (Å²) in [7, 11) is -3.50. The van der Waals surface area contributed by atoms with Crippen LogP contribution in [0.15, 0.2) is 29.2 Å². The number of benzene rings is 1. The minimum atomic E-state index is -3.50. The van der Waals surface area contributed by atoms with E-state index < -0.39 is 7.60 Å². The highest BCUT2D eigenvalue weighted by atomic mass is 31.2. The van der Waals surface area contributed by atoms with E-state index in [0.717, 1.165) is 5.56 Å².